The van der Waals surface area contributed by atoms with Crippen LogP contribution in [-0.2, 0) is 32.9 Å². The van der Waals surface area contributed by atoms with Crippen molar-refractivity contribution < 1.29 is 13.3 Å². The summed E-state index contributed by atoms with van der Waals surface area (Å²) in [5, 5.41) is 0. The lowest BCUT2D eigenvalue weighted by Gasteiger charge is -2.46. The Morgan fingerprint density at radius 2 is 0.521 bits per heavy atom. The molecule has 1 rings (SSSR count). The van der Waals surface area contributed by atoms with E-state index in [9.17, 15) is 14.4 Å². The minimum atomic E-state index is -2.05. The lowest BCUT2D eigenvalue weighted by atomic mass is 10.6. The molecule has 1 aromatic heterocycles. The van der Waals surface area contributed by atoms with Crippen LogP contribution < -0.4 is 17.1 Å². The van der Waals surface area contributed by atoms with E-state index in [0.29, 0.717) is 0 Å². The first-order valence-electron chi connectivity index (χ1n) is 17.9. The van der Waals surface area contributed by atoms with Crippen molar-refractivity contribution in [2.24, 2.45) is 0 Å². The largest absolute Gasteiger partial charge is 0.419 e. The van der Waals surface area contributed by atoms with Crippen molar-refractivity contribution >= 4 is 67.6 Å². The van der Waals surface area contributed by atoms with Gasteiger partial charge in [-0.2, -0.15) is 0 Å². The molecule has 0 amide bonds. The van der Waals surface area contributed by atoms with E-state index in [1.54, 1.807) is 0 Å². The van der Waals surface area contributed by atoms with Crippen molar-refractivity contribution in [3.8, 4) is 0 Å². The molecule has 48 heavy (non-hydrogen) atoms. The maximum atomic E-state index is 13.9. The molecule has 0 saturated heterocycles. The highest BCUT2D eigenvalue weighted by atomic mass is 29.7. The summed E-state index contributed by atoms with van der Waals surface area (Å²) in [5.74, 6) is 0. The van der Waals surface area contributed by atoms with Crippen molar-refractivity contribution in [2.45, 2.75) is 157 Å². The predicted molar refractivity (Wildman–Crippen MR) is 232 cm³/mol. The number of aromatic nitrogens is 3. The van der Waals surface area contributed by atoms with Gasteiger partial charge in [-0.3, -0.25) is 0 Å². The van der Waals surface area contributed by atoms with Crippen LogP contribution >= 0.6 is 0 Å². The van der Waals surface area contributed by atoms with Crippen molar-refractivity contribution in [3.63, 3.8) is 0 Å². The van der Waals surface area contributed by atoms with Gasteiger partial charge in [-0.05, 0) is 39.3 Å². The molecule has 0 aliphatic carbocycles. The summed E-state index contributed by atoms with van der Waals surface area (Å²) < 4.78 is 23.6. The highest BCUT2D eigenvalue weighted by Crippen LogP contribution is 2.31. The van der Waals surface area contributed by atoms with Crippen molar-refractivity contribution in [3.05, 3.63) is 31.5 Å². The fraction of sp³-hybridized carbons (Fsp3) is 0.900. The Bertz CT molecular complexity index is 1240. The molecule has 1 heterocycles. The first kappa shape index (κ1) is 46.3. The van der Waals surface area contributed by atoms with E-state index in [2.05, 4.69) is 137 Å². The van der Waals surface area contributed by atoms with Crippen molar-refractivity contribution in [1.29, 1.82) is 0 Å². The van der Waals surface area contributed by atoms with Gasteiger partial charge in [0.1, 0.15) is 0 Å². The van der Waals surface area contributed by atoms with E-state index in [4.69, 9.17) is 13.3 Å². The summed E-state index contributed by atoms with van der Waals surface area (Å²) >= 11 is 0. The topological polar surface area (TPSA) is 93.7 Å². The van der Waals surface area contributed by atoms with Crippen LogP contribution in [0.4, 0.5) is 0 Å². The average Bonchev–Trinajstić information content (AvgIpc) is 2.87. The fourth-order valence-electron chi connectivity index (χ4n) is 5.68. The molecule has 18 heteroatoms. The molecule has 282 valence electrons. The number of nitrogens with zero attached hydrogens (tertiary/aromatic N) is 3. The molecule has 0 fully saturated rings. The summed E-state index contributed by atoms with van der Waals surface area (Å²) in [7, 11) is -15.4. The van der Waals surface area contributed by atoms with E-state index in [0.717, 1.165) is 0 Å². The van der Waals surface area contributed by atoms with Gasteiger partial charge >= 0.3 is 17.1 Å². The SMILES string of the molecule is C[Si](C)(C)[Si](C)(C)[Si](C)(C)OCCn1c(=O)n(CCO[Si](C)(C)[Si](C)(C)[Si](C)(C)C)c(=O)n(CCO[Si](C)(C)[Si](C)(C)[Si](C)(C)C)c1=O. The lowest BCUT2D eigenvalue weighted by Crippen LogP contribution is -2.70. The highest BCUT2D eigenvalue weighted by Gasteiger charge is 2.53. The minimum Gasteiger partial charge on any atom is -0.419 e. The minimum absolute atomic E-state index is 0.123. The molecule has 9 nitrogen and oxygen atoms in total. The van der Waals surface area contributed by atoms with E-state index in [-0.39, 0.29) is 39.5 Å². The van der Waals surface area contributed by atoms with E-state index in [1.807, 2.05) is 0 Å². The maximum Gasteiger partial charge on any atom is 0.336 e. The Balaban J connectivity index is 3.55. The molecule has 0 spiro atoms. The second-order valence-corrected chi connectivity index (χ2v) is 105. The molecule has 0 atom stereocenters. The zero-order chi connectivity index (χ0) is 38.3. The van der Waals surface area contributed by atoms with Gasteiger partial charge in [-0.15, -0.1) is 0 Å². The van der Waals surface area contributed by atoms with E-state index < -0.39 is 84.7 Å². The summed E-state index contributed by atoms with van der Waals surface area (Å²) in [4.78, 5) is 41.7. The van der Waals surface area contributed by atoms with E-state index >= 15 is 0 Å². The molecular weight excluding hydrogens is 751 g/mol. The zero-order valence-corrected chi connectivity index (χ0v) is 44.0. The van der Waals surface area contributed by atoms with Crippen LogP contribution in [0.5, 0.6) is 0 Å². The van der Waals surface area contributed by atoms with Gasteiger partial charge in [-0.1, -0.05) is 98.2 Å². The summed E-state index contributed by atoms with van der Waals surface area (Å²) in [6.07, 6.45) is 0. The van der Waals surface area contributed by atoms with Crippen LogP contribution in [0, 0.1) is 0 Å². The van der Waals surface area contributed by atoms with Crippen molar-refractivity contribution in [1.82, 2.24) is 13.7 Å². The van der Waals surface area contributed by atoms with Crippen LogP contribution in [-0.4, -0.2) is 101 Å². The first-order chi connectivity index (χ1) is 21.0. The molecule has 0 aromatic carbocycles. The van der Waals surface area contributed by atoms with Crippen LogP contribution in [0.3, 0.4) is 0 Å². The first-order valence-corrected chi connectivity index (χ1v) is 52.1. The van der Waals surface area contributed by atoms with Gasteiger partial charge in [0.25, 0.3) is 0 Å². The molecule has 0 bridgehead atoms. The Morgan fingerprint density at radius 3 is 0.667 bits per heavy atom. The van der Waals surface area contributed by atoms with Crippen LogP contribution in [0.15, 0.2) is 14.4 Å². The molecule has 0 aliphatic heterocycles. The number of rotatable bonds is 18. The quantitative estimate of drug-likeness (QED) is 0.158. The van der Waals surface area contributed by atoms with E-state index in [1.165, 1.54) is 13.7 Å². The Morgan fingerprint density at radius 1 is 0.354 bits per heavy atom. The average molecular weight is 827 g/mol. The van der Waals surface area contributed by atoms with Gasteiger partial charge in [0.05, 0.1) is 60.8 Å². The second-order valence-electron chi connectivity index (χ2n) is 20.0. The zero-order valence-electron chi connectivity index (χ0n) is 35.0. The Kier molecular flexibility index (Phi) is 14.8. The smallest absolute Gasteiger partial charge is 0.336 e. The number of hydrogen-bond donors (Lipinski definition) is 0. The Labute approximate surface area is 301 Å². The standard InChI is InChI=1S/C30H75N3O6Si9/c1-40(2,3)46(16,17)43(10,11)37-25-22-31-28(34)32(23-26-38-44(12,13)47(18,19)41(4,5)6)30(36)33(29(31)35)24-27-39-45(14,15)48(20,21)42(7,8)9/h22-27H2,1-21H3. The third-order valence-corrected chi connectivity index (χ3v) is 136. The summed E-state index contributed by atoms with van der Waals surface area (Å²) in [5.41, 5.74) is -1.71. The molecule has 0 aliphatic rings. The molecule has 0 radical (unpaired) electrons. The molecule has 0 unspecified atom stereocenters. The predicted octanol–water partition coefficient (Wildman–Crippen LogP) is 6.45. The maximum absolute atomic E-state index is 13.9. The highest BCUT2D eigenvalue weighted by molar-refractivity contribution is 7.68. The van der Waals surface area contributed by atoms with Gasteiger partial charge < -0.3 is 13.3 Å². The normalized spacial score (nSPS) is 14.9. The third kappa shape index (κ3) is 9.61. The Hall–Kier alpha value is 0.242. The lowest BCUT2D eigenvalue weighted by molar-refractivity contribution is 0.258. The van der Waals surface area contributed by atoms with Gasteiger partial charge in [-0.25, -0.2) is 28.1 Å². The van der Waals surface area contributed by atoms with Gasteiger partial charge in [0.2, 0.25) is 0 Å². The third-order valence-electron chi connectivity index (χ3n) is 13.9. The molecule has 0 saturated carbocycles. The van der Waals surface area contributed by atoms with Gasteiger partial charge in [0, 0.05) is 22.8 Å². The van der Waals surface area contributed by atoms with Crippen LogP contribution in [0.1, 0.15) is 0 Å². The molecule has 1 aromatic rings. The van der Waals surface area contributed by atoms with Crippen molar-refractivity contribution in [2.75, 3.05) is 19.8 Å². The van der Waals surface area contributed by atoms with Gasteiger partial charge in [0.15, 0.2) is 23.5 Å². The second kappa shape index (κ2) is 15.3. The molecular formula is C30H75N3O6Si9. The van der Waals surface area contributed by atoms with Crippen LogP contribution in [0.25, 0.3) is 0 Å². The molecule has 0 N–H and O–H groups in total. The number of hydrogen-bond acceptors (Lipinski definition) is 6. The monoisotopic (exact) mass is 825 g/mol. The van der Waals surface area contributed by atoms with Crippen LogP contribution in [0.2, 0.25) is 137 Å². The summed E-state index contributed by atoms with van der Waals surface area (Å²) in [6, 6.07) is 0. The fourth-order valence-corrected chi connectivity index (χ4v) is 85.1. The summed E-state index contributed by atoms with van der Waals surface area (Å²) in [6.45, 7) is 51.5.